The molecule has 0 bridgehead atoms. The lowest BCUT2D eigenvalue weighted by Gasteiger charge is -2.13. The molecule has 0 spiro atoms. The number of hydrogen-bond acceptors (Lipinski definition) is 4. The summed E-state index contributed by atoms with van der Waals surface area (Å²) in [6.07, 6.45) is 0.860. The standard InChI is InChI=1S/C14H15NO3/c1-2-18-14(17)12(8-15)9-4-3-5-11-10(9)6-7-13(11)16/h3-5,12-13,16H,2,6-7H2,1H3. The van der Waals surface area contributed by atoms with Crippen LogP contribution in [0, 0.1) is 11.3 Å². The number of nitrogens with zero attached hydrogens (tertiary/aromatic N) is 1. The summed E-state index contributed by atoms with van der Waals surface area (Å²) in [6, 6.07) is 7.37. The molecule has 0 saturated heterocycles. The molecule has 1 aliphatic carbocycles. The van der Waals surface area contributed by atoms with E-state index in [1.54, 1.807) is 19.1 Å². The van der Waals surface area contributed by atoms with Gasteiger partial charge in [0.1, 0.15) is 0 Å². The SMILES string of the molecule is CCOC(=O)C(C#N)c1cccc2c1CCC2O. The van der Waals surface area contributed by atoms with Gasteiger partial charge in [-0.1, -0.05) is 18.2 Å². The molecule has 2 rings (SSSR count). The molecule has 18 heavy (non-hydrogen) atoms. The van der Waals surface area contributed by atoms with Gasteiger partial charge in [0.2, 0.25) is 0 Å². The number of ether oxygens (including phenoxy) is 1. The first kappa shape index (κ1) is 12.6. The summed E-state index contributed by atoms with van der Waals surface area (Å²) >= 11 is 0. The lowest BCUT2D eigenvalue weighted by atomic mass is 9.93. The van der Waals surface area contributed by atoms with Crippen LogP contribution in [0.25, 0.3) is 0 Å². The van der Waals surface area contributed by atoms with Gasteiger partial charge in [0.15, 0.2) is 5.92 Å². The number of fused-ring (bicyclic) bond motifs is 1. The molecule has 94 valence electrons. The van der Waals surface area contributed by atoms with Gasteiger partial charge in [0, 0.05) is 0 Å². The minimum absolute atomic E-state index is 0.259. The van der Waals surface area contributed by atoms with Crippen molar-refractivity contribution in [3.05, 3.63) is 34.9 Å². The molecule has 0 heterocycles. The first-order chi connectivity index (χ1) is 8.69. The van der Waals surface area contributed by atoms with Crippen LogP contribution in [0.5, 0.6) is 0 Å². The summed E-state index contributed by atoms with van der Waals surface area (Å²) in [5.41, 5.74) is 2.42. The van der Waals surface area contributed by atoms with Crippen LogP contribution in [0.4, 0.5) is 0 Å². The number of aliphatic hydroxyl groups is 1. The third-order valence-electron chi connectivity index (χ3n) is 3.24. The molecule has 4 heteroatoms. The van der Waals surface area contributed by atoms with E-state index in [1.807, 2.05) is 12.1 Å². The summed E-state index contributed by atoms with van der Waals surface area (Å²) in [7, 11) is 0. The number of hydrogen-bond donors (Lipinski definition) is 1. The largest absolute Gasteiger partial charge is 0.465 e. The molecule has 2 unspecified atom stereocenters. The van der Waals surface area contributed by atoms with E-state index in [9.17, 15) is 9.90 Å². The van der Waals surface area contributed by atoms with Crippen molar-refractivity contribution in [2.45, 2.75) is 31.8 Å². The molecule has 0 aromatic heterocycles. The zero-order valence-electron chi connectivity index (χ0n) is 10.2. The van der Waals surface area contributed by atoms with E-state index < -0.39 is 18.0 Å². The Balaban J connectivity index is 2.39. The van der Waals surface area contributed by atoms with Gasteiger partial charge in [-0.3, -0.25) is 4.79 Å². The normalized spacial score (nSPS) is 18.8. The summed E-state index contributed by atoms with van der Waals surface area (Å²) in [4.78, 5) is 11.7. The highest BCUT2D eigenvalue weighted by molar-refractivity contribution is 5.82. The molecule has 1 N–H and O–H groups in total. The van der Waals surface area contributed by atoms with Crippen LogP contribution < -0.4 is 0 Å². The number of nitriles is 1. The molecule has 0 amide bonds. The minimum Gasteiger partial charge on any atom is -0.465 e. The molecular weight excluding hydrogens is 230 g/mol. The number of rotatable bonds is 3. The highest BCUT2D eigenvalue weighted by Gasteiger charge is 2.29. The maximum atomic E-state index is 11.7. The maximum absolute atomic E-state index is 11.7. The molecule has 4 nitrogen and oxygen atoms in total. The van der Waals surface area contributed by atoms with Gasteiger partial charge in [-0.2, -0.15) is 5.26 Å². The van der Waals surface area contributed by atoms with Crippen LogP contribution in [0.15, 0.2) is 18.2 Å². The van der Waals surface area contributed by atoms with Gasteiger partial charge in [-0.25, -0.2) is 0 Å². The van der Waals surface area contributed by atoms with Crippen LogP contribution >= 0.6 is 0 Å². The van der Waals surface area contributed by atoms with Crippen molar-refractivity contribution in [3.8, 4) is 6.07 Å². The Bertz CT molecular complexity index is 504. The average Bonchev–Trinajstić information content (AvgIpc) is 2.74. The zero-order chi connectivity index (χ0) is 13.1. The van der Waals surface area contributed by atoms with Crippen molar-refractivity contribution in [3.63, 3.8) is 0 Å². The molecule has 1 aliphatic rings. The van der Waals surface area contributed by atoms with Gasteiger partial charge in [-0.05, 0) is 36.5 Å². The Hall–Kier alpha value is -1.86. The fourth-order valence-electron chi connectivity index (χ4n) is 2.41. The Labute approximate surface area is 106 Å². The van der Waals surface area contributed by atoms with E-state index in [2.05, 4.69) is 0 Å². The smallest absolute Gasteiger partial charge is 0.327 e. The number of esters is 1. The predicted octanol–water partition coefficient (Wildman–Crippen LogP) is 1.84. The van der Waals surface area contributed by atoms with Crippen LogP contribution in [0.3, 0.4) is 0 Å². The van der Waals surface area contributed by atoms with E-state index in [-0.39, 0.29) is 6.61 Å². The predicted molar refractivity (Wildman–Crippen MR) is 64.7 cm³/mol. The van der Waals surface area contributed by atoms with Gasteiger partial charge >= 0.3 is 5.97 Å². The number of aliphatic hydroxyl groups excluding tert-OH is 1. The van der Waals surface area contributed by atoms with Crippen LogP contribution in [-0.4, -0.2) is 17.7 Å². The molecular formula is C14H15NO3. The van der Waals surface area contributed by atoms with Crippen molar-refractivity contribution < 1.29 is 14.6 Å². The monoisotopic (exact) mass is 245 g/mol. The van der Waals surface area contributed by atoms with Crippen molar-refractivity contribution in [1.82, 2.24) is 0 Å². The summed E-state index contributed by atoms with van der Waals surface area (Å²) in [5.74, 6) is -1.42. The summed E-state index contributed by atoms with van der Waals surface area (Å²) in [5, 5.41) is 19.0. The molecule has 0 fully saturated rings. The number of carbonyl (C=O) groups is 1. The molecule has 1 aromatic rings. The first-order valence-electron chi connectivity index (χ1n) is 6.05. The lowest BCUT2D eigenvalue weighted by molar-refractivity contribution is -0.143. The second-order valence-corrected chi connectivity index (χ2v) is 4.28. The van der Waals surface area contributed by atoms with Crippen molar-refractivity contribution >= 4 is 5.97 Å². The van der Waals surface area contributed by atoms with Gasteiger partial charge in [-0.15, -0.1) is 0 Å². The number of carbonyl (C=O) groups excluding carboxylic acids is 1. The van der Waals surface area contributed by atoms with E-state index in [0.717, 1.165) is 11.1 Å². The summed E-state index contributed by atoms with van der Waals surface area (Å²) in [6.45, 7) is 1.97. The second kappa shape index (κ2) is 5.19. The fraction of sp³-hybridized carbons (Fsp3) is 0.429. The maximum Gasteiger partial charge on any atom is 0.327 e. The number of benzene rings is 1. The van der Waals surface area contributed by atoms with Crippen molar-refractivity contribution in [1.29, 1.82) is 5.26 Å². The Morgan fingerprint density at radius 1 is 1.67 bits per heavy atom. The van der Waals surface area contributed by atoms with Gasteiger partial charge in [0.05, 0.1) is 18.8 Å². The van der Waals surface area contributed by atoms with Gasteiger partial charge < -0.3 is 9.84 Å². The Kier molecular flexibility index (Phi) is 3.63. The molecule has 0 radical (unpaired) electrons. The van der Waals surface area contributed by atoms with Crippen LogP contribution in [0.2, 0.25) is 0 Å². The molecule has 1 aromatic carbocycles. The molecule has 2 atom stereocenters. The third kappa shape index (κ3) is 2.09. The highest BCUT2D eigenvalue weighted by Crippen LogP contribution is 2.36. The fourth-order valence-corrected chi connectivity index (χ4v) is 2.41. The Morgan fingerprint density at radius 2 is 2.44 bits per heavy atom. The topological polar surface area (TPSA) is 70.3 Å². The third-order valence-corrected chi connectivity index (χ3v) is 3.24. The second-order valence-electron chi connectivity index (χ2n) is 4.28. The quantitative estimate of drug-likeness (QED) is 0.825. The van der Waals surface area contributed by atoms with Crippen molar-refractivity contribution in [2.24, 2.45) is 0 Å². The highest BCUT2D eigenvalue weighted by atomic mass is 16.5. The van der Waals surface area contributed by atoms with Crippen LogP contribution in [0.1, 0.15) is 42.1 Å². The Morgan fingerprint density at radius 3 is 3.11 bits per heavy atom. The minimum atomic E-state index is -0.898. The van der Waals surface area contributed by atoms with Gasteiger partial charge in [0.25, 0.3) is 0 Å². The van der Waals surface area contributed by atoms with E-state index in [0.29, 0.717) is 18.4 Å². The molecule has 0 aliphatic heterocycles. The van der Waals surface area contributed by atoms with E-state index in [4.69, 9.17) is 10.00 Å². The molecule has 0 saturated carbocycles. The van der Waals surface area contributed by atoms with Crippen LogP contribution in [-0.2, 0) is 16.0 Å². The van der Waals surface area contributed by atoms with E-state index in [1.165, 1.54) is 0 Å². The average molecular weight is 245 g/mol. The zero-order valence-corrected chi connectivity index (χ0v) is 10.2. The van der Waals surface area contributed by atoms with E-state index >= 15 is 0 Å². The first-order valence-corrected chi connectivity index (χ1v) is 6.05. The summed E-state index contributed by atoms with van der Waals surface area (Å²) < 4.78 is 4.91. The lowest BCUT2D eigenvalue weighted by Crippen LogP contribution is -2.16. The van der Waals surface area contributed by atoms with Crippen molar-refractivity contribution in [2.75, 3.05) is 6.61 Å².